The highest BCUT2D eigenvalue weighted by Gasteiger charge is 2.17. The second-order valence-corrected chi connectivity index (χ2v) is 7.57. The number of aliphatic imine (C=N–C) groups is 1. The van der Waals surface area contributed by atoms with Crippen molar-refractivity contribution in [2.45, 2.75) is 6.54 Å². The Labute approximate surface area is 168 Å². The highest BCUT2D eigenvalue weighted by Crippen LogP contribution is 2.30. The molecule has 0 aliphatic carbocycles. The van der Waals surface area contributed by atoms with Crippen molar-refractivity contribution in [3.8, 4) is 16.9 Å². The van der Waals surface area contributed by atoms with Gasteiger partial charge >= 0.3 is 0 Å². The first-order valence-electron chi connectivity index (χ1n) is 9.34. The van der Waals surface area contributed by atoms with Crippen LogP contribution in [0.15, 0.2) is 71.0 Å². The van der Waals surface area contributed by atoms with Gasteiger partial charge in [0.25, 0.3) is 0 Å². The van der Waals surface area contributed by atoms with Crippen LogP contribution in [-0.4, -0.2) is 42.3 Å². The fourth-order valence-electron chi connectivity index (χ4n) is 3.12. The van der Waals surface area contributed by atoms with E-state index in [9.17, 15) is 5.11 Å². The standard InChI is InChI=1S/C22H23N3O2S/c26-21-9-8-18(17-5-2-1-3-6-17)15-20(21)24-22(25-10-12-27-13-11-25)23-16-19-7-4-14-28-19/h1-9,14-15,26H,10-13,16H2,(H,23,24). The zero-order valence-electron chi connectivity index (χ0n) is 15.5. The molecule has 0 unspecified atom stereocenters. The van der Waals surface area contributed by atoms with E-state index in [1.54, 1.807) is 17.4 Å². The molecule has 0 amide bonds. The van der Waals surface area contributed by atoms with Gasteiger partial charge < -0.3 is 20.1 Å². The van der Waals surface area contributed by atoms with Crippen LogP contribution in [0.25, 0.3) is 11.1 Å². The third kappa shape index (κ3) is 4.52. The number of phenols is 1. The topological polar surface area (TPSA) is 57.1 Å². The van der Waals surface area contributed by atoms with Gasteiger partial charge in [0.1, 0.15) is 5.75 Å². The Hall–Kier alpha value is -2.83. The molecule has 1 fully saturated rings. The maximum Gasteiger partial charge on any atom is 0.199 e. The summed E-state index contributed by atoms with van der Waals surface area (Å²) in [5.74, 6) is 0.967. The zero-order chi connectivity index (χ0) is 19.2. The molecular formula is C22H23N3O2S. The Morgan fingerprint density at radius 2 is 1.86 bits per heavy atom. The van der Waals surface area contributed by atoms with Gasteiger partial charge in [0.2, 0.25) is 0 Å². The monoisotopic (exact) mass is 393 g/mol. The van der Waals surface area contributed by atoms with Crippen LogP contribution in [0.5, 0.6) is 5.75 Å². The quantitative estimate of drug-likeness (QED) is 0.391. The van der Waals surface area contributed by atoms with Crippen LogP contribution in [0, 0.1) is 0 Å². The van der Waals surface area contributed by atoms with E-state index in [1.165, 1.54) is 4.88 Å². The number of morpholine rings is 1. The number of hydrogen-bond donors (Lipinski definition) is 2. The molecule has 6 heteroatoms. The molecule has 2 aromatic carbocycles. The Morgan fingerprint density at radius 1 is 1.04 bits per heavy atom. The van der Waals surface area contributed by atoms with E-state index < -0.39 is 0 Å². The number of ether oxygens (including phenoxy) is 1. The molecule has 0 atom stereocenters. The molecule has 2 heterocycles. The summed E-state index contributed by atoms with van der Waals surface area (Å²) >= 11 is 1.69. The molecule has 1 aliphatic heterocycles. The molecule has 28 heavy (non-hydrogen) atoms. The Bertz CT molecular complexity index is 920. The van der Waals surface area contributed by atoms with E-state index in [0.29, 0.717) is 25.4 Å². The number of anilines is 1. The van der Waals surface area contributed by atoms with Crippen LogP contribution in [0.3, 0.4) is 0 Å². The Kier molecular flexibility index (Phi) is 5.89. The lowest BCUT2D eigenvalue weighted by Gasteiger charge is -2.30. The molecule has 0 radical (unpaired) electrons. The van der Waals surface area contributed by atoms with Gasteiger partial charge in [-0.1, -0.05) is 42.5 Å². The van der Waals surface area contributed by atoms with Crippen LogP contribution in [0.1, 0.15) is 4.88 Å². The third-order valence-electron chi connectivity index (χ3n) is 4.63. The van der Waals surface area contributed by atoms with Gasteiger partial charge in [-0.3, -0.25) is 0 Å². The van der Waals surface area contributed by atoms with Crippen molar-refractivity contribution in [3.05, 3.63) is 70.9 Å². The largest absolute Gasteiger partial charge is 0.506 e. The molecule has 0 spiro atoms. The van der Waals surface area contributed by atoms with Gasteiger partial charge in [-0.2, -0.15) is 0 Å². The molecule has 1 saturated heterocycles. The van der Waals surface area contributed by atoms with Gasteiger partial charge in [-0.25, -0.2) is 4.99 Å². The first kappa shape index (κ1) is 18.5. The van der Waals surface area contributed by atoms with Crippen LogP contribution in [0.4, 0.5) is 5.69 Å². The van der Waals surface area contributed by atoms with E-state index in [2.05, 4.69) is 33.8 Å². The minimum atomic E-state index is 0.205. The summed E-state index contributed by atoms with van der Waals surface area (Å²) in [6.45, 7) is 3.51. The lowest BCUT2D eigenvalue weighted by Crippen LogP contribution is -2.44. The van der Waals surface area contributed by atoms with E-state index in [0.717, 1.165) is 30.2 Å². The van der Waals surface area contributed by atoms with E-state index in [-0.39, 0.29) is 5.75 Å². The van der Waals surface area contributed by atoms with Crippen molar-refractivity contribution < 1.29 is 9.84 Å². The predicted octanol–water partition coefficient (Wildman–Crippen LogP) is 4.42. The molecule has 1 aromatic heterocycles. The summed E-state index contributed by atoms with van der Waals surface area (Å²) in [7, 11) is 0. The molecule has 0 bridgehead atoms. The number of rotatable bonds is 4. The van der Waals surface area contributed by atoms with Gasteiger partial charge in [0, 0.05) is 18.0 Å². The number of guanidine groups is 1. The smallest absolute Gasteiger partial charge is 0.199 e. The average Bonchev–Trinajstić information content (AvgIpc) is 3.27. The maximum atomic E-state index is 10.4. The number of aromatic hydroxyl groups is 1. The summed E-state index contributed by atoms with van der Waals surface area (Å²) in [6.07, 6.45) is 0. The SMILES string of the molecule is Oc1ccc(-c2ccccc2)cc1NC(=NCc1cccs1)N1CCOCC1. The maximum absolute atomic E-state index is 10.4. The number of thiophene rings is 1. The minimum absolute atomic E-state index is 0.205. The summed E-state index contributed by atoms with van der Waals surface area (Å²) < 4.78 is 5.48. The number of hydrogen-bond acceptors (Lipinski definition) is 4. The summed E-state index contributed by atoms with van der Waals surface area (Å²) in [5.41, 5.74) is 2.80. The number of nitrogens with zero attached hydrogens (tertiary/aromatic N) is 2. The second kappa shape index (κ2) is 8.91. The number of phenolic OH excluding ortho intramolecular Hbond substituents is 1. The first-order chi connectivity index (χ1) is 13.8. The lowest BCUT2D eigenvalue weighted by molar-refractivity contribution is 0.0679. The molecule has 2 N–H and O–H groups in total. The molecule has 3 aromatic rings. The van der Waals surface area contributed by atoms with Crippen molar-refractivity contribution >= 4 is 23.0 Å². The van der Waals surface area contributed by atoms with Gasteiger partial charge in [0.15, 0.2) is 5.96 Å². The van der Waals surface area contributed by atoms with Crippen LogP contribution >= 0.6 is 11.3 Å². The van der Waals surface area contributed by atoms with E-state index >= 15 is 0 Å². The summed E-state index contributed by atoms with van der Waals surface area (Å²) in [6, 6.07) is 19.9. The predicted molar refractivity (Wildman–Crippen MR) is 115 cm³/mol. The van der Waals surface area contributed by atoms with Crippen LogP contribution < -0.4 is 5.32 Å². The number of nitrogens with one attached hydrogen (secondary N) is 1. The Morgan fingerprint density at radius 3 is 2.61 bits per heavy atom. The lowest BCUT2D eigenvalue weighted by atomic mass is 10.0. The van der Waals surface area contributed by atoms with Crippen molar-refractivity contribution in [1.82, 2.24) is 4.90 Å². The van der Waals surface area contributed by atoms with E-state index in [1.807, 2.05) is 36.4 Å². The zero-order valence-corrected chi connectivity index (χ0v) is 16.4. The van der Waals surface area contributed by atoms with Crippen molar-refractivity contribution in [2.75, 3.05) is 31.6 Å². The Balaban J connectivity index is 1.61. The average molecular weight is 394 g/mol. The van der Waals surface area contributed by atoms with E-state index in [4.69, 9.17) is 9.73 Å². The highest BCUT2D eigenvalue weighted by atomic mass is 32.1. The van der Waals surface area contributed by atoms with Crippen LogP contribution in [-0.2, 0) is 11.3 Å². The normalized spacial score (nSPS) is 14.9. The minimum Gasteiger partial charge on any atom is -0.506 e. The summed E-state index contributed by atoms with van der Waals surface area (Å²) in [4.78, 5) is 8.18. The molecule has 144 valence electrons. The first-order valence-corrected chi connectivity index (χ1v) is 10.2. The highest BCUT2D eigenvalue weighted by molar-refractivity contribution is 7.09. The van der Waals surface area contributed by atoms with Crippen molar-refractivity contribution in [3.63, 3.8) is 0 Å². The van der Waals surface area contributed by atoms with Gasteiger partial charge in [-0.15, -0.1) is 11.3 Å². The molecule has 4 rings (SSSR count). The fourth-order valence-corrected chi connectivity index (χ4v) is 3.74. The fraction of sp³-hybridized carbons (Fsp3) is 0.227. The third-order valence-corrected chi connectivity index (χ3v) is 5.49. The summed E-state index contributed by atoms with van der Waals surface area (Å²) in [5, 5.41) is 15.8. The molecular weight excluding hydrogens is 370 g/mol. The van der Waals surface area contributed by atoms with Gasteiger partial charge in [-0.05, 0) is 34.7 Å². The van der Waals surface area contributed by atoms with Gasteiger partial charge in [0.05, 0.1) is 25.4 Å². The van der Waals surface area contributed by atoms with Crippen molar-refractivity contribution in [1.29, 1.82) is 0 Å². The van der Waals surface area contributed by atoms with Crippen molar-refractivity contribution in [2.24, 2.45) is 4.99 Å². The van der Waals surface area contributed by atoms with Crippen LogP contribution in [0.2, 0.25) is 0 Å². The molecule has 0 saturated carbocycles. The molecule has 1 aliphatic rings. The molecule has 5 nitrogen and oxygen atoms in total. The number of benzene rings is 2. The second-order valence-electron chi connectivity index (χ2n) is 6.54.